The van der Waals surface area contributed by atoms with Gasteiger partial charge in [0.1, 0.15) is 11.3 Å². The molecule has 1 aliphatic carbocycles. The van der Waals surface area contributed by atoms with E-state index in [4.69, 9.17) is 4.74 Å². The highest BCUT2D eigenvalue weighted by atomic mass is 32.2. The maximum atomic E-state index is 12.8. The first kappa shape index (κ1) is 21.8. The molecule has 1 aliphatic rings. The summed E-state index contributed by atoms with van der Waals surface area (Å²) in [6.45, 7) is 1.67. The van der Waals surface area contributed by atoms with Gasteiger partial charge in [-0.15, -0.1) is 0 Å². The molecule has 8 nitrogen and oxygen atoms in total. The number of aromatic nitrogens is 2. The lowest BCUT2D eigenvalue weighted by molar-refractivity contribution is 0.0943. The Morgan fingerprint density at radius 3 is 2.60 bits per heavy atom. The molecule has 9 heteroatoms. The zero-order chi connectivity index (χ0) is 21.6. The maximum Gasteiger partial charge on any atom is 0.258 e. The van der Waals surface area contributed by atoms with E-state index in [2.05, 4.69) is 20.6 Å². The molecule has 0 radical (unpaired) electrons. The van der Waals surface area contributed by atoms with Gasteiger partial charge >= 0.3 is 0 Å². The molecule has 3 rings (SSSR count). The first-order valence-corrected chi connectivity index (χ1v) is 11.8. The van der Waals surface area contributed by atoms with Crippen LogP contribution in [-0.4, -0.2) is 42.6 Å². The fourth-order valence-electron chi connectivity index (χ4n) is 3.12. The molecule has 160 valence electrons. The van der Waals surface area contributed by atoms with Crippen LogP contribution in [0.4, 0.5) is 5.95 Å². The average Bonchev–Trinajstić information content (AvgIpc) is 3.20. The zero-order valence-electron chi connectivity index (χ0n) is 17.0. The smallest absolute Gasteiger partial charge is 0.258 e. The monoisotopic (exact) mass is 430 g/mol. The number of ether oxygens (including phenoxy) is 1. The fourth-order valence-corrected chi connectivity index (χ4v) is 3.64. The van der Waals surface area contributed by atoms with Gasteiger partial charge in [-0.1, -0.05) is 37.1 Å². The predicted molar refractivity (Wildman–Crippen MR) is 115 cm³/mol. The molecular formula is C21H26N4O4S. The van der Waals surface area contributed by atoms with Gasteiger partial charge in [-0.3, -0.25) is 4.79 Å². The highest BCUT2D eigenvalue weighted by Crippen LogP contribution is 2.26. The maximum absolute atomic E-state index is 12.8. The Morgan fingerprint density at radius 2 is 1.93 bits per heavy atom. The van der Waals surface area contributed by atoms with Gasteiger partial charge in [0.2, 0.25) is 11.8 Å². The van der Waals surface area contributed by atoms with Crippen molar-refractivity contribution in [3.8, 4) is 11.6 Å². The van der Waals surface area contributed by atoms with Crippen molar-refractivity contribution >= 4 is 21.7 Å². The number of nitrogens with zero attached hydrogens (tertiary/aromatic N) is 2. The van der Waals surface area contributed by atoms with Crippen molar-refractivity contribution in [2.24, 2.45) is 0 Å². The third-order valence-corrected chi connectivity index (χ3v) is 5.27. The fraction of sp³-hybridized carbons (Fsp3) is 0.381. The summed E-state index contributed by atoms with van der Waals surface area (Å²) < 4.78 is 28.4. The molecule has 1 unspecified atom stereocenters. The molecular weight excluding hydrogens is 404 g/mol. The Kier molecular flexibility index (Phi) is 7.04. The Hall–Kier alpha value is -2.94. The molecule has 1 saturated carbocycles. The van der Waals surface area contributed by atoms with Crippen LogP contribution in [0.25, 0.3) is 0 Å². The molecule has 1 aromatic carbocycles. The third-order valence-electron chi connectivity index (χ3n) is 4.62. The van der Waals surface area contributed by atoms with Crippen molar-refractivity contribution < 1.29 is 17.9 Å². The van der Waals surface area contributed by atoms with E-state index >= 15 is 0 Å². The Labute approximate surface area is 176 Å². The number of amides is 1. The van der Waals surface area contributed by atoms with E-state index in [9.17, 15) is 13.2 Å². The number of anilines is 1. The summed E-state index contributed by atoms with van der Waals surface area (Å²) in [6, 6.07) is 8.86. The summed E-state index contributed by atoms with van der Waals surface area (Å²) in [5.74, 6) is 0.629. The van der Waals surface area contributed by atoms with Crippen molar-refractivity contribution in [3.63, 3.8) is 0 Å². The van der Waals surface area contributed by atoms with Crippen LogP contribution >= 0.6 is 0 Å². The van der Waals surface area contributed by atoms with Crippen LogP contribution in [0.15, 0.2) is 48.0 Å². The molecule has 1 amide bonds. The normalized spacial score (nSPS) is 15.8. The Bertz CT molecular complexity index is 1000. The highest BCUT2D eigenvalue weighted by molar-refractivity contribution is 7.93. The van der Waals surface area contributed by atoms with Gasteiger partial charge in [0.15, 0.2) is 9.84 Å². The van der Waals surface area contributed by atoms with Crippen molar-refractivity contribution in [2.75, 3.05) is 11.6 Å². The van der Waals surface area contributed by atoms with Gasteiger partial charge < -0.3 is 15.4 Å². The van der Waals surface area contributed by atoms with Crippen LogP contribution in [0.5, 0.6) is 11.6 Å². The van der Waals surface area contributed by atoms with Crippen LogP contribution in [0.3, 0.4) is 0 Å². The lowest BCUT2D eigenvalue weighted by Gasteiger charge is -2.16. The van der Waals surface area contributed by atoms with Crippen LogP contribution in [0.2, 0.25) is 0 Å². The molecule has 1 atom stereocenters. The van der Waals surface area contributed by atoms with Crippen molar-refractivity contribution in [3.05, 3.63) is 53.6 Å². The number of hydrogen-bond donors (Lipinski definition) is 2. The third kappa shape index (κ3) is 6.55. The van der Waals surface area contributed by atoms with Crippen molar-refractivity contribution in [2.45, 2.75) is 44.7 Å². The van der Waals surface area contributed by atoms with E-state index in [0.29, 0.717) is 17.7 Å². The van der Waals surface area contributed by atoms with Crippen molar-refractivity contribution in [1.29, 1.82) is 0 Å². The predicted octanol–water partition coefficient (Wildman–Crippen LogP) is 3.30. The lowest BCUT2D eigenvalue weighted by atomic mass is 10.2. The molecule has 0 saturated heterocycles. The summed E-state index contributed by atoms with van der Waals surface area (Å²) in [5.41, 5.74) is 0.162. The quantitative estimate of drug-likeness (QED) is 0.661. The molecule has 0 bridgehead atoms. The second-order valence-corrected chi connectivity index (χ2v) is 9.30. The SMILES string of the molecule is CC(/C=C/S(C)(=O)=O)NC(=O)c1cnc(NC2CCCC2)nc1Oc1ccccc1. The van der Waals surface area contributed by atoms with Gasteiger partial charge in [-0.2, -0.15) is 4.98 Å². The second kappa shape index (κ2) is 9.71. The van der Waals surface area contributed by atoms with E-state index in [1.54, 1.807) is 19.1 Å². The number of rotatable bonds is 8. The minimum Gasteiger partial charge on any atom is -0.438 e. The molecule has 30 heavy (non-hydrogen) atoms. The highest BCUT2D eigenvalue weighted by Gasteiger charge is 2.20. The van der Waals surface area contributed by atoms with Gasteiger partial charge in [0.05, 0.1) is 0 Å². The number of benzene rings is 1. The molecule has 2 N–H and O–H groups in total. The molecule has 1 aromatic heterocycles. The lowest BCUT2D eigenvalue weighted by Crippen LogP contribution is -2.32. The Balaban J connectivity index is 1.82. The molecule has 0 spiro atoms. The minimum absolute atomic E-state index is 0.133. The van der Waals surface area contributed by atoms with E-state index in [1.807, 2.05) is 18.2 Å². The molecule has 0 aliphatic heterocycles. The summed E-state index contributed by atoms with van der Waals surface area (Å²) in [7, 11) is -3.28. The standard InChI is InChI=1S/C21H26N4O4S/c1-15(12-13-30(2,27)28)23-19(26)18-14-22-21(24-16-8-6-7-9-16)25-20(18)29-17-10-4-3-5-11-17/h3-5,10-16H,6-9H2,1-2H3,(H,23,26)(H,22,24,25)/b13-12+. The summed E-state index contributed by atoms with van der Waals surface area (Å²) in [6.07, 6.45) is 8.38. The first-order valence-electron chi connectivity index (χ1n) is 9.86. The van der Waals surface area contributed by atoms with Gasteiger partial charge in [0.25, 0.3) is 5.91 Å². The van der Waals surface area contributed by atoms with E-state index in [1.165, 1.54) is 25.1 Å². The van der Waals surface area contributed by atoms with E-state index in [-0.39, 0.29) is 11.4 Å². The van der Waals surface area contributed by atoms with E-state index < -0.39 is 21.8 Å². The number of carbonyl (C=O) groups is 1. The summed E-state index contributed by atoms with van der Waals surface area (Å²) >= 11 is 0. The Morgan fingerprint density at radius 1 is 1.23 bits per heavy atom. The number of hydrogen-bond acceptors (Lipinski definition) is 7. The summed E-state index contributed by atoms with van der Waals surface area (Å²) in [4.78, 5) is 21.5. The van der Waals surface area contributed by atoms with Crippen LogP contribution < -0.4 is 15.4 Å². The van der Waals surface area contributed by atoms with Crippen molar-refractivity contribution in [1.82, 2.24) is 15.3 Å². The first-order chi connectivity index (χ1) is 14.3. The largest absolute Gasteiger partial charge is 0.438 e. The zero-order valence-corrected chi connectivity index (χ0v) is 17.9. The number of carbonyl (C=O) groups excluding carboxylic acids is 1. The van der Waals surface area contributed by atoms with Gasteiger partial charge in [-0.25, -0.2) is 13.4 Å². The van der Waals surface area contributed by atoms with Gasteiger partial charge in [-0.05, 0) is 31.9 Å². The molecule has 1 fully saturated rings. The van der Waals surface area contributed by atoms with E-state index in [0.717, 1.165) is 24.5 Å². The van der Waals surface area contributed by atoms with Gasteiger partial charge in [0, 0.05) is 29.9 Å². The van der Waals surface area contributed by atoms with Crippen LogP contribution in [-0.2, 0) is 9.84 Å². The summed E-state index contributed by atoms with van der Waals surface area (Å²) in [5, 5.41) is 7.08. The average molecular weight is 431 g/mol. The van der Waals surface area contributed by atoms with Crippen LogP contribution in [0, 0.1) is 0 Å². The number of sulfone groups is 1. The topological polar surface area (TPSA) is 110 Å². The number of para-hydroxylation sites is 1. The number of nitrogens with one attached hydrogen (secondary N) is 2. The molecule has 2 aromatic rings. The molecule has 1 heterocycles. The minimum atomic E-state index is -3.28. The second-order valence-electron chi connectivity index (χ2n) is 7.37. The van der Waals surface area contributed by atoms with Crippen LogP contribution in [0.1, 0.15) is 43.0 Å².